The number of hydrogen-bond donors (Lipinski definition) is 2. The maximum atomic E-state index is 13.6. The second-order valence-electron chi connectivity index (χ2n) is 7.54. The van der Waals surface area contributed by atoms with Crippen LogP contribution in [0.5, 0.6) is 5.75 Å². The maximum absolute atomic E-state index is 13.6. The fraction of sp³-hybridized carbons (Fsp3) is 0.120. The molecule has 0 fully saturated rings. The van der Waals surface area contributed by atoms with E-state index in [0.717, 1.165) is 5.56 Å². The Morgan fingerprint density at radius 2 is 1.79 bits per heavy atom. The maximum Gasteiger partial charge on any atom is 0.256 e. The number of benzene rings is 2. The first-order valence-electron chi connectivity index (χ1n) is 10.5. The number of allylic oxidation sites excluding steroid dienone is 1. The van der Waals surface area contributed by atoms with Crippen LogP contribution in [0.1, 0.15) is 18.7 Å². The number of methoxy groups -OCH3 is 1. The van der Waals surface area contributed by atoms with E-state index in [1.54, 1.807) is 30.1 Å². The van der Waals surface area contributed by atoms with E-state index in [4.69, 9.17) is 9.84 Å². The van der Waals surface area contributed by atoms with Crippen LogP contribution in [-0.4, -0.2) is 32.8 Å². The summed E-state index contributed by atoms with van der Waals surface area (Å²) in [4.78, 5) is 22.8. The number of nitrogens with one attached hydrogen (secondary N) is 2. The van der Waals surface area contributed by atoms with Gasteiger partial charge in [0.1, 0.15) is 11.8 Å². The van der Waals surface area contributed by atoms with Gasteiger partial charge >= 0.3 is 0 Å². The van der Waals surface area contributed by atoms with Gasteiger partial charge in [-0.15, -0.1) is 5.10 Å². The van der Waals surface area contributed by atoms with E-state index in [2.05, 4.69) is 20.6 Å². The Morgan fingerprint density at radius 1 is 1.03 bits per heavy atom. The van der Waals surface area contributed by atoms with E-state index in [0.29, 0.717) is 40.2 Å². The van der Waals surface area contributed by atoms with Gasteiger partial charge in [0.05, 0.1) is 24.1 Å². The van der Waals surface area contributed by atoms with Gasteiger partial charge in [0.2, 0.25) is 5.95 Å². The van der Waals surface area contributed by atoms with Crippen molar-refractivity contribution < 1.29 is 9.53 Å². The summed E-state index contributed by atoms with van der Waals surface area (Å²) in [6.07, 6.45) is 1.71. The predicted molar refractivity (Wildman–Crippen MR) is 126 cm³/mol. The molecule has 0 spiro atoms. The van der Waals surface area contributed by atoms with E-state index in [1.807, 2.05) is 67.6 Å². The molecule has 0 saturated heterocycles. The Labute approximate surface area is 191 Å². The molecule has 1 amide bonds. The lowest BCUT2D eigenvalue weighted by molar-refractivity contribution is -0.113. The van der Waals surface area contributed by atoms with Crippen molar-refractivity contribution in [2.75, 3.05) is 17.7 Å². The van der Waals surface area contributed by atoms with Gasteiger partial charge in [-0.25, -0.2) is 4.68 Å². The van der Waals surface area contributed by atoms with Gasteiger partial charge in [0.25, 0.3) is 5.91 Å². The summed E-state index contributed by atoms with van der Waals surface area (Å²) in [5, 5.41) is 11.0. The number of rotatable bonds is 5. The number of aromatic nitrogens is 4. The van der Waals surface area contributed by atoms with E-state index in [9.17, 15) is 4.79 Å². The van der Waals surface area contributed by atoms with Gasteiger partial charge in [-0.05, 0) is 31.2 Å². The zero-order chi connectivity index (χ0) is 22.8. The summed E-state index contributed by atoms with van der Waals surface area (Å²) in [5.74, 6) is 1.42. The normalized spacial score (nSPS) is 14.9. The highest BCUT2D eigenvalue weighted by atomic mass is 16.5. The lowest BCUT2D eigenvalue weighted by atomic mass is 9.98. The van der Waals surface area contributed by atoms with Crippen molar-refractivity contribution in [3.8, 4) is 17.1 Å². The number of ether oxygens (including phenoxy) is 1. The average molecular weight is 438 g/mol. The lowest BCUT2D eigenvalue weighted by Crippen LogP contribution is -2.32. The highest BCUT2D eigenvalue weighted by molar-refractivity contribution is 6.06. The minimum Gasteiger partial charge on any atom is -0.495 e. The number of carbonyl (C=O) groups excluding carboxylic acids is 1. The van der Waals surface area contributed by atoms with Crippen LogP contribution in [0.15, 0.2) is 90.3 Å². The van der Waals surface area contributed by atoms with Gasteiger partial charge in [0, 0.05) is 17.5 Å². The Hall–Kier alpha value is -4.46. The molecule has 1 aliphatic rings. The van der Waals surface area contributed by atoms with Crippen LogP contribution in [0.25, 0.3) is 11.4 Å². The Kier molecular flexibility index (Phi) is 5.32. The fourth-order valence-corrected chi connectivity index (χ4v) is 3.90. The quantitative estimate of drug-likeness (QED) is 0.483. The van der Waals surface area contributed by atoms with Crippen LogP contribution in [-0.2, 0) is 4.79 Å². The van der Waals surface area contributed by atoms with Crippen LogP contribution in [0.4, 0.5) is 11.6 Å². The first kappa shape index (κ1) is 20.4. The number of pyridine rings is 1. The van der Waals surface area contributed by atoms with Crippen molar-refractivity contribution in [1.82, 2.24) is 19.7 Å². The highest BCUT2D eigenvalue weighted by Crippen LogP contribution is 2.36. The third-order valence-electron chi connectivity index (χ3n) is 5.45. The molecule has 3 heterocycles. The van der Waals surface area contributed by atoms with Crippen LogP contribution in [0, 0.1) is 0 Å². The van der Waals surface area contributed by atoms with Crippen LogP contribution in [0.3, 0.4) is 0 Å². The molecule has 2 aromatic heterocycles. The predicted octanol–water partition coefficient (Wildman–Crippen LogP) is 4.28. The average Bonchev–Trinajstić information content (AvgIpc) is 3.28. The van der Waals surface area contributed by atoms with Crippen molar-refractivity contribution >= 4 is 17.5 Å². The van der Waals surface area contributed by atoms with Crippen molar-refractivity contribution in [2.45, 2.75) is 13.0 Å². The third kappa shape index (κ3) is 3.82. The third-order valence-corrected chi connectivity index (χ3v) is 5.45. The van der Waals surface area contributed by atoms with E-state index in [-0.39, 0.29) is 5.91 Å². The second-order valence-corrected chi connectivity index (χ2v) is 7.54. The molecule has 2 aromatic carbocycles. The van der Waals surface area contributed by atoms with Gasteiger partial charge in [0.15, 0.2) is 5.82 Å². The fourth-order valence-electron chi connectivity index (χ4n) is 3.90. The van der Waals surface area contributed by atoms with Crippen molar-refractivity contribution in [1.29, 1.82) is 0 Å². The minimum atomic E-state index is -0.554. The van der Waals surface area contributed by atoms with Crippen LogP contribution >= 0.6 is 0 Å². The summed E-state index contributed by atoms with van der Waals surface area (Å²) >= 11 is 0. The number of para-hydroxylation sites is 2. The number of fused-ring (bicyclic) bond motifs is 1. The van der Waals surface area contributed by atoms with E-state index < -0.39 is 6.04 Å². The summed E-state index contributed by atoms with van der Waals surface area (Å²) < 4.78 is 7.11. The molecule has 1 aliphatic heterocycles. The van der Waals surface area contributed by atoms with E-state index in [1.165, 1.54) is 0 Å². The van der Waals surface area contributed by atoms with Crippen molar-refractivity contribution in [3.63, 3.8) is 0 Å². The standard InChI is InChI=1S/C25H22N6O2/c1-16-21(24(32)28-18-12-6-7-14-20(18)33-2)22(19-13-8-9-15-26-19)31-25(27-16)29-23(30-31)17-10-4-3-5-11-17/h3-15,22H,1-2H3,(H,28,32)(H,27,29,30)/t22-/m1/s1. The number of hydrogen-bond acceptors (Lipinski definition) is 6. The smallest absolute Gasteiger partial charge is 0.256 e. The largest absolute Gasteiger partial charge is 0.495 e. The summed E-state index contributed by atoms with van der Waals surface area (Å²) in [5.41, 5.74) is 3.33. The number of carbonyl (C=O) groups is 1. The van der Waals surface area contributed by atoms with Crippen molar-refractivity contribution in [2.24, 2.45) is 0 Å². The lowest BCUT2D eigenvalue weighted by Gasteiger charge is -2.28. The molecule has 164 valence electrons. The topological polar surface area (TPSA) is 94.0 Å². The van der Waals surface area contributed by atoms with Gasteiger partial charge in [-0.1, -0.05) is 48.5 Å². The SMILES string of the molecule is COc1ccccc1NC(=O)C1=C(C)Nc2nc(-c3ccccc3)nn2[C@@H]1c1ccccn1. The van der Waals surface area contributed by atoms with Crippen LogP contribution < -0.4 is 15.4 Å². The molecule has 33 heavy (non-hydrogen) atoms. The number of nitrogens with zero attached hydrogens (tertiary/aromatic N) is 4. The molecular weight excluding hydrogens is 416 g/mol. The molecule has 0 aliphatic carbocycles. The molecule has 4 aromatic rings. The molecule has 5 rings (SSSR count). The summed E-state index contributed by atoms with van der Waals surface area (Å²) in [7, 11) is 1.57. The zero-order valence-electron chi connectivity index (χ0n) is 18.2. The first-order valence-corrected chi connectivity index (χ1v) is 10.5. The first-order chi connectivity index (χ1) is 16.2. The monoisotopic (exact) mass is 438 g/mol. The second kappa shape index (κ2) is 8.58. The van der Waals surface area contributed by atoms with E-state index >= 15 is 0 Å². The molecule has 0 saturated carbocycles. The summed E-state index contributed by atoms with van der Waals surface area (Å²) in [6.45, 7) is 1.85. The molecular formula is C25H22N6O2. The molecule has 1 atom stereocenters. The molecule has 0 unspecified atom stereocenters. The number of anilines is 2. The Morgan fingerprint density at radius 3 is 2.55 bits per heavy atom. The molecule has 2 N–H and O–H groups in total. The minimum absolute atomic E-state index is 0.275. The number of amides is 1. The van der Waals surface area contributed by atoms with Gasteiger partial charge in [-0.2, -0.15) is 4.98 Å². The molecule has 0 radical (unpaired) electrons. The Balaban J connectivity index is 1.59. The highest BCUT2D eigenvalue weighted by Gasteiger charge is 2.35. The van der Waals surface area contributed by atoms with Crippen molar-refractivity contribution in [3.05, 3.63) is 96.0 Å². The zero-order valence-corrected chi connectivity index (χ0v) is 18.2. The Bertz CT molecular complexity index is 1330. The van der Waals surface area contributed by atoms with Gasteiger partial charge in [-0.3, -0.25) is 9.78 Å². The summed E-state index contributed by atoms with van der Waals surface area (Å²) in [6, 6.07) is 22.1. The van der Waals surface area contributed by atoms with Crippen LogP contribution in [0.2, 0.25) is 0 Å². The molecule has 0 bridgehead atoms. The van der Waals surface area contributed by atoms with Gasteiger partial charge < -0.3 is 15.4 Å². The molecule has 8 nitrogen and oxygen atoms in total. The molecule has 8 heteroatoms.